The minimum atomic E-state index is -0.449. The van der Waals surface area contributed by atoms with Crippen LogP contribution in [0.4, 0.5) is 5.69 Å². The zero-order valence-corrected chi connectivity index (χ0v) is 14.0. The quantitative estimate of drug-likeness (QED) is 0.305. The van der Waals surface area contributed by atoms with Crippen molar-refractivity contribution in [3.8, 4) is 0 Å². The summed E-state index contributed by atoms with van der Waals surface area (Å²) in [5.74, 6) is -0.0137. The predicted molar refractivity (Wildman–Crippen MR) is 86.1 cm³/mol. The highest BCUT2D eigenvalue weighted by molar-refractivity contribution is 9.12. The van der Waals surface area contributed by atoms with E-state index in [0.717, 1.165) is 5.56 Å². The summed E-state index contributed by atoms with van der Waals surface area (Å²) in [6.45, 7) is 0. The van der Waals surface area contributed by atoms with Crippen LogP contribution >= 0.6 is 43.2 Å². The second-order valence-electron chi connectivity index (χ2n) is 3.99. The fourth-order valence-electron chi connectivity index (χ4n) is 1.64. The number of carbonyl (C=O) groups is 1. The third kappa shape index (κ3) is 3.34. The predicted octanol–water partition coefficient (Wildman–Crippen LogP) is 4.74. The van der Waals surface area contributed by atoms with Gasteiger partial charge in [-0.3, -0.25) is 14.9 Å². The number of benzene rings is 1. The van der Waals surface area contributed by atoms with Gasteiger partial charge in [0.2, 0.25) is 0 Å². The van der Waals surface area contributed by atoms with Gasteiger partial charge in [0, 0.05) is 12.1 Å². The van der Waals surface area contributed by atoms with Crippen molar-refractivity contribution in [2.75, 3.05) is 0 Å². The summed E-state index contributed by atoms with van der Waals surface area (Å²) >= 11 is 8.25. The summed E-state index contributed by atoms with van der Waals surface area (Å²) in [6.07, 6.45) is 0. The first-order valence-corrected chi connectivity index (χ1v) is 8.32. The summed E-state index contributed by atoms with van der Waals surface area (Å²) in [7, 11) is 0. The van der Waals surface area contributed by atoms with Crippen LogP contribution in [0.15, 0.2) is 41.8 Å². The molecule has 0 bridgehead atoms. The Balaban J connectivity index is 2.16. The van der Waals surface area contributed by atoms with E-state index in [1.54, 1.807) is 18.2 Å². The molecule has 0 aliphatic heterocycles. The van der Waals surface area contributed by atoms with E-state index >= 15 is 0 Å². The van der Waals surface area contributed by atoms with Crippen molar-refractivity contribution in [1.82, 2.24) is 0 Å². The van der Waals surface area contributed by atoms with Crippen LogP contribution in [0, 0.1) is 10.1 Å². The first-order chi connectivity index (χ1) is 9.50. The molecule has 2 rings (SSSR count). The second-order valence-corrected chi connectivity index (χ2v) is 6.91. The number of nitro groups is 1. The highest BCUT2D eigenvalue weighted by Gasteiger charge is 2.26. The van der Waals surface area contributed by atoms with E-state index in [2.05, 4.69) is 31.9 Å². The average molecular weight is 419 g/mol. The average Bonchev–Trinajstić information content (AvgIpc) is 2.99. The molecule has 0 fully saturated rings. The highest BCUT2D eigenvalue weighted by Crippen LogP contribution is 2.34. The second kappa shape index (κ2) is 6.60. The molecule has 2 atom stereocenters. The van der Waals surface area contributed by atoms with Crippen LogP contribution in [-0.2, 0) is 0 Å². The summed E-state index contributed by atoms with van der Waals surface area (Å²) in [5.41, 5.74) is 0.839. The Kier molecular flexibility index (Phi) is 5.06. The Labute approximate surface area is 136 Å². The molecule has 0 amide bonds. The molecule has 1 aromatic heterocycles. The summed E-state index contributed by atoms with van der Waals surface area (Å²) < 4.78 is 0. The van der Waals surface area contributed by atoms with Crippen molar-refractivity contribution in [3.63, 3.8) is 0 Å². The maximum atomic E-state index is 12.2. The number of rotatable bonds is 5. The molecule has 1 heterocycles. The molecule has 0 radical (unpaired) electrons. The fourth-order valence-corrected chi connectivity index (χ4v) is 3.59. The zero-order valence-electron chi connectivity index (χ0n) is 10.0. The number of Topliss-reactive ketones (excluding diaryl/α,β-unsaturated/α-hetero) is 1. The first-order valence-electron chi connectivity index (χ1n) is 5.61. The topological polar surface area (TPSA) is 60.2 Å². The maximum absolute atomic E-state index is 12.2. The molecule has 0 aliphatic rings. The van der Waals surface area contributed by atoms with E-state index in [1.165, 1.54) is 23.5 Å². The van der Waals surface area contributed by atoms with Gasteiger partial charge in [-0.2, -0.15) is 0 Å². The van der Waals surface area contributed by atoms with Gasteiger partial charge in [-0.25, -0.2) is 0 Å². The van der Waals surface area contributed by atoms with Gasteiger partial charge in [-0.05, 0) is 17.0 Å². The van der Waals surface area contributed by atoms with Crippen LogP contribution in [0.25, 0.3) is 0 Å². The van der Waals surface area contributed by atoms with Gasteiger partial charge >= 0.3 is 0 Å². The molecule has 0 aliphatic carbocycles. The SMILES string of the molecule is O=C(c1cccs1)[C@@H](Br)[C@H](Br)c1ccc([N+](=O)[O-])cc1. The van der Waals surface area contributed by atoms with E-state index < -0.39 is 9.75 Å². The van der Waals surface area contributed by atoms with Crippen LogP contribution in [-0.4, -0.2) is 15.5 Å². The standard InChI is InChI=1S/C13H9Br2NO3S/c14-11(8-3-5-9(6-4-8)16(18)19)12(15)13(17)10-2-1-7-20-10/h1-7,11-12H/t11-,12+/m1/s1. The van der Waals surface area contributed by atoms with E-state index in [-0.39, 0.29) is 16.3 Å². The summed E-state index contributed by atoms with van der Waals surface area (Å²) in [5, 5.41) is 12.5. The molecule has 7 heteroatoms. The summed E-state index contributed by atoms with van der Waals surface area (Å²) in [6, 6.07) is 9.75. The van der Waals surface area contributed by atoms with Crippen molar-refractivity contribution in [1.29, 1.82) is 0 Å². The van der Waals surface area contributed by atoms with E-state index in [9.17, 15) is 14.9 Å². The molecule has 0 N–H and O–H groups in total. The number of alkyl halides is 2. The van der Waals surface area contributed by atoms with Gasteiger partial charge in [0.15, 0.2) is 5.78 Å². The lowest BCUT2D eigenvalue weighted by molar-refractivity contribution is -0.384. The van der Waals surface area contributed by atoms with Crippen molar-refractivity contribution >= 4 is 54.7 Å². The number of hydrogen-bond acceptors (Lipinski definition) is 4. The Morgan fingerprint density at radius 3 is 2.35 bits per heavy atom. The van der Waals surface area contributed by atoms with Gasteiger partial charge in [0.25, 0.3) is 5.69 Å². The molecule has 0 saturated carbocycles. The Bertz CT molecular complexity index is 613. The lowest BCUT2D eigenvalue weighted by Crippen LogP contribution is -2.18. The molecular formula is C13H9Br2NO3S. The molecule has 20 heavy (non-hydrogen) atoms. The van der Waals surface area contributed by atoms with Crippen LogP contribution < -0.4 is 0 Å². The Hall–Kier alpha value is -1.05. The van der Waals surface area contributed by atoms with Crippen LogP contribution in [0.3, 0.4) is 0 Å². The van der Waals surface area contributed by atoms with E-state index in [4.69, 9.17) is 0 Å². The highest BCUT2D eigenvalue weighted by atomic mass is 79.9. The van der Waals surface area contributed by atoms with Gasteiger partial charge in [-0.1, -0.05) is 50.1 Å². The Morgan fingerprint density at radius 1 is 1.20 bits per heavy atom. The zero-order chi connectivity index (χ0) is 14.7. The number of ketones is 1. The number of thiophene rings is 1. The molecule has 104 valence electrons. The number of nitro benzene ring substituents is 1. The molecule has 0 spiro atoms. The van der Waals surface area contributed by atoms with Crippen molar-refractivity contribution in [3.05, 3.63) is 62.3 Å². The van der Waals surface area contributed by atoms with Crippen LogP contribution in [0.1, 0.15) is 20.1 Å². The minimum Gasteiger partial charge on any atom is -0.292 e. The van der Waals surface area contributed by atoms with Crippen molar-refractivity contribution < 1.29 is 9.72 Å². The monoisotopic (exact) mass is 417 g/mol. The number of non-ortho nitro benzene ring substituents is 1. The number of halogens is 2. The molecular weight excluding hydrogens is 410 g/mol. The maximum Gasteiger partial charge on any atom is 0.269 e. The third-order valence-electron chi connectivity index (χ3n) is 2.69. The molecule has 2 aromatic rings. The largest absolute Gasteiger partial charge is 0.292 e. The van der Waals surface area contributed by atoms with E-state index in [1.807, 2.05) is 11.4 Å². The number of carbonyl (C=O) groups excluding carboxylic acids is 1. The van der Waals surface area contributed by atoms with Gasteiger partial charge in [0.05, 0.1) is 19.5 Å². The normalized spacial score (nSPS) is 13.7. The van der Waals surface area contributed by atoms with E-state index in [0.29, 0.717) is 4.88 Å². The molecule has 1 aromatic carbocycles. The lowest BCUT2D eigenvalue weighted by atomic mass is 10.1. The molecule has 0 unspecified atom stereocenters. The van der Waals surface area contributed by atoms with Crippen molar-refractivity contribution in [2.24, 2.45) is 0 Å². The first kappa shape index (κ1) is 15.3. The van der Waals surface area contributed by atoms with Gasteiger partial charge in [-0.15, -0.1) is 11.3 Å². The van der Waals surface area contributed by atoms with Gasteiger partial charge < -0.3 is 0 Å². The lowest BCUT2D eigenvalue weighted by Gasteiger charge is -2.15. The molecule has 0 saturated heterocycles. The smallest absolute Gasteiger partial charge is 0.269 e. The third-order valence-corrected chi connectivity index (χ3v) is 6.29. The van der Waals surface area contributed by atoms with Gasteiger partial charge in [0.1, 0.15) is 0 Å². The number of hydrogen-bond donors (Lipinski definition) is 0. The van der Waals surface area contributed by atoms with Crippen LogP contribution in [0.2, 0.25) is 0 Å². The Morgan fingerprint density at radius 2 is 1.85 bits per heavy atom. The number of nitrogens with zero attached hydrogens (tertiary/aromatic N) is 1. The van der Waals surface area contributed by atoms with Crippen LogP contribution in [0.5, 0.6) is 0 Å². The van der Waals surface area contributed by atoms with Crippen molar-refractivity contribution in [2.45, 2.75) is 9.65 Å². The minimum absolute atomic E-state index is 0.0137. The molecule has 4 nitrogen and oxygen atoms in total. The summed E-state index contributed by atoms with van der Waals surface area (Å²) in [4.78, 5) is 22.4. The fraction of sp³-hybridized carbons (Fsp3) is 0.154.